The summed E-state index contributed by atoms with van der Waals surface area (Å²) in [5.74, 6) is 0.972. The van der Waals surface area contributed by atoms with Crippen LogP contribution in [0.4, 0.5) is 0 Å². The van der Waals surface area contributed by atoms with Crippen LogP contribution in [0.25, 0.3) is 0 Å². The van der Waals surface area contributed by atoms with Crippen LogP contribution in [0.3, 0.4) is 0 Å². The Bertz CT molecular complexity index is 516. The molecule has 0 bridgehead atoms. The number of hydrogen-bond acceptors (Lipinski definition) is 3. The zero-order valence-electron chi connectivity index (χ0n) is 12.6. The summed E-state index contributed by atoms with van der Waals surface area (Å²) >= 11 is 0. The molecule has 2 heterocycles. The van der Waals surface area contributed by atoms with E-state index in [1.54, 1.807) is 0 Å². The van der Waals surface area contributed by atoms with Crippen LogP contribution >= 0.6 is 12.4 Å². The van der Waals surface area contributed by atoms with Gasteiger partial charge in [-0.1, -0.05) is 6.07 Å². The van der Waals surface area contributed by atoms with Gasteiger partial charge in [-0.05, 0) is 49.4 Å². The van der Waals surface area contributed by atoms with E-state index in [1.165, 1.54) is 11.1 Å². The molecule has 1 amide bonds. The maximum Gasteiger partial charge on any atom is 0.264 e. The van der Waals surface area contributed by atoms with Gasteiger partial charge in [0.15, 0.2) is 6.10 Å². The van der Waals surface area contributed by atoms with E-state index < -0.39 is 0 Å². The fraction of sp³-hybridized carbons (Fsp3) is 0.562. The number of amides is 1. The molecular formula is C16H23ClN2O2. The van der Waals surface area contributed by atoms with Gasteiger partial charge in [-0.2, -0.15) is 0 Å². The molecule has 0 aromatic heterocycles. The molecule has 3 rings (SSSR count). The minimum absolute atomic E-state index is 0. The van der Waals surface area contributed by atoms with Crippen molar-refractivity contribution in [2.75, 3.05) is 13.1 Å². The van der Waals surface area contributed by atoms with Crippen LogP contribution in [0.15, 0.2) is 12.1 Å². The molecule has 116 valence electrons. The van der Waals surface area contributed by atoms with E-state index in [9.17, 15) is 4.79 Å². The predicted molar refractivity (Wildman–Crippen MR) is 85.1 cm³/mol. The Morgan fingerprint density at radius 1 is 1.38 bits per heavy atom. The quantitative estimate of drug-likeness (QED) is 0.909. The van der Waals surface area contributed by atoms with Crippen molar-refractivity contribution < 1.29 is 9.53 Å². The Hall–Kier alpha value is -1.26. The molecule has 4 nitrogen and oxygen atoms in total. The topological polar surface area (TPSA) is 55.6 Å². The zero-order valence-corrected chi connectivity index (χ0v) is 13.4. The zero-order chi connectivity index (χ0) is 14.3. The lowest BCUT2D eigenvalue weighted by atomic mass is 10.0. The Balaban J connectivity index is 0.00000161. The van der Waals surface area contributed by atoms with Crippen LogP contribution in [0.2, 0.25) is 0 Å². The first-order chi connectivity index (χ1) is 9.60. The number of benzene rings is 1. The molecule has 2 unspecified atom stereocenters. The maximum absolute atomic E-state index is 12.6. The summed E-state index contributed by atoms with van der Waals surface area (Å²) in [5.41, 5.74) is 9.36. The van der Waals surface area contributed by atoms with Crippen molar-refractivity contribution in [3.05, 3.63) is 28.8 Å². The summed E-state index contributed by atoms with van der Waals surface area (Å²) in [6.07, 6.45) is 2.38. The molecule has 0 aliphatic carbocycles. The number of hydrogen-bond donors (Lipinski definition) is 1. The second-order valence-corrected chi connectivity index (χ2v) is 5.92. The van der Waals surface area contributed by atoms with E-state index in [1.807, 2.05) is 11.0 Å². The van der Waals surface area contributed by atoms with Gasteiger partial charge in [0.2, 0.25) is 0 Å². The smallest absolute Gasteiger partial charge is 0.264 e. The average Bonchev–Trinajstić information content (AvgIpc) is 3.04. The molecule has 1 aromatic carbocycles. The predicted octanol–water partition coefficient (Wildman–Crippen LogP) is 1.98. The van der Waals surface area contributed by atoms with Crippen molar-refractivity contribution in [1.29, 1.82) is 0 Å². The van der Waals surface area contributed by atoms with Crippen LogP contribution in [0, 0.1) is 13.8 Å². The molecule has 1 saturated heterocycles. The van der Waals surface area contributed by atoms with Gasteiger partial charge in [-0.25, -0.2) is 0 Å². The highest BCUT2D eigenvalue weighted by Crippen LogP contribution is 2.33. The number of nitrogens with two attached hydrogens (primary N) is 1. The van der Waals surface area contributed by atoms with Crippen LogP contribution < -0.4 is 10.5 Å². The van der Waals surface area contributed by atoms with Gasteiger partial charge >= 0.3 is 0 Å². The van der Waals surface area contributed by atoms with Crippen molar-refractivity contribution in [3.63, 3.8) is 0 Å². The molecule has 2 aliphatic rings. The highest BCUT2D eigenvalue weighted by Gasteiger charge is 2.37. The minimum atomic E-state index is -0.363. The standard InChI is InChI=1S/C16H22N2O2.ClH/c1-10-6-12-8-15(20-14(12)7-11(10)2)16(19)18-5-3-4-13(18)9-17;/h6-7,13,15H,3-5,8-9,17H2,1-2H3;1H. The van der Waals surface area contributed by atoms with E-state index in [2.05, 4.69) is 19.9 Å². The summed E-state index contributed by atoms with van der Waals surface area (Å²) < 4.78 is 5.88. The van der Waals surface area contributed by atoms with Gasteiger partial charge < -0.3 is 15.4 Å². The van der Waals surface area contributed by atoms with Gasteiger partial charge in [-0.15, -0.1) is 12.4 Å². The Kier molecular flexibility index (Phi) is 4.79. The van der Waals surface area contributed by atoms with E-state index in [0.29, 0.717) is 13.0 Å². The first-order valence-electron chi connectivity index (χ1n) is 7.37. The lowest BCUT2D eigenvalue weighted by Gasteiger charge is -2.26. The molecule has 0 saturated carbocycles. The van der Waals surface area contributed by atoms with Crippen LogP contribution in [0.5, 0.6) is 5.75 Å². The average molecular weight is 311 g/mol. The maximum atomic E-state index is 12.6. The first kappa shape index (κ1) is 16.1. The lowest BCUT2D eigenvalue weighted by Crippen LogP contribution is -2.46. The summed E-state index contributed by atoms with van der Waals surface area (Å²) in [6, 6.07) is 4.38. The summed E-state index contributed by atoms with van der Waals surface area (Å²) in [5, 5.41) is 0. The van der Waals surface area contributed by atoms with Crippen molar-refractivity contribution in [3.8, 4) is 5.75 Å². The number of ether oxygens (including phenoxy) is 1. The second-order valence-electron chi connectivity index (χ2n) is 5.92. The van der Waals surface area contributed by atoms with Crippen molar-refractivity contribution in [2.45, 2.75) is 45.3 Å². The van der Waals surface area contributed by atoms with Crippen LogP contribution in [0.1, 0.15) is 29.5 Å². The van der Waals surface area contributed by atoms with E-state index in [4.69, 9.17) is 10.5 Å². The van der Waals surface area contributed by atoms with E-state index >= 15 is 0 Å². The molecule has 21 heavy (non-hydrogen) atoms. The van der Waals surface area contributed by atoms with Crippen molar-refractivity contribution >= 4 is 18.3 Å². The normalized spacial score (nSPS) is 23.5. The van der Waals surface area contributed by atoms with E-state index in [-0.39, 0.29) is 30.5 Å². The molecule has 2 N–H and O–H groups in total. The third kappa shape index (κ3) is 2.87. The first-order valence-corrected chi connectivity index (χ1v) is 7.37. The fourth-order valence-electron chi connectivity index (χ4n) is 3.21. The van der Waals surface area contributed by atoms with Crippen molar-refractivity contribution in [2.24, 2.45) is 5.73 Å². The SMILES string of the molecule is Cc1cc2c(cc1C)OC(C(=O)N1CCCC1CN)C2.Cl. The number of carbonyl (C=O) groups is 1. The molecule has 1 aromatic rings. The number of aryl methyl sites for hydroxylation is 2. The summed E-state index contributed by atoms with van der Waals surface area (Å²) in [7, 11) is 0. The number of halogens is 1. The Morgan fingerprint density at radius 3 is 2.81 bits per heavy atom. The van der Waals surface area contributed by atoms with Gasteiger partial charge in [-0.3, -0.25) is 4.79 Å². The van der Waals surface area contributed by atoms with Crippen LogP contribution in [-0.4, -0.2) is 36.0 Å². The molecule has 0 spiro atoms. The minimum Gasteiger partial charge on any atom is -0.480 e. The number of likely N-dealkylation sites (tertiary alicyclic amines) is 1. The van der Waals surface area contributed by atoms with Gasteiger partial charge in [0.05, 0.1) is 0 Å². The molecule has 0 radical (unpaired) electrons. The summed E-state index contributed by atoms with van der Waals surface area (Å²) in [6.45, 7) is 5.52. The molecule has 1 fully saturated rings. The van der Waals surface area contributed by atoms with Gasteiger partial charge in [0.1, 0.15) is 5.75 Å². The fourth-order valence-corrected chi connectivity index (χ4v) is 3.21. The number of fused-ring (bicyclic) bond motifs is 1. The number of nitrogens with zero attached hydrogens (tertiary/aromatic N) is 1. The van der Waals surface area contributed by atoms with Gasteiger partial charge in [0, 0.05) is 25.6 Å². The third-order valence-electron chi connectivity index (χ3n) is 4.56. The molecule has 2 aliphatic heterocycles. The summed E-state index contributed by atoms with van der Waals surface area (Å²) in [4.78, 5) is 14.5. The lowest BCUT2D eigenvalue weighted by molar-refractivity contribution is -0.138. The number of rotatable bonds is 2. The monoisotopic (exact) mass is 310 g/mol. The molecule has 2 atom stereocenters. The highest BCUT2D eigenvalue weighted by molar-refractivity contribution is 5.85. The largest absolute Gasteiger partial charge is 0.480 e. The molecule has 5 heteroatoms. The van der Waals surface area contributed by atoms with Gasteiger partial charge in [0.25, 0.3) is 5.91 Å². The van der Waals surface area contributed by atoms with Crippen molar-refractivity contribution in [1.82, 2.24) is 4.90 Å². The van der Waals surface area contributed by atoms with Crippen LogP contribution in [-0.2, 0) is 11.2 Å². The third-order valence-corrected chi connectivity index (χ3v) is 4.56. The highest BCUT2D eigenvalue weighted by atomic mass is 35.5. The number of carbonyl (C=O) groups excluding carboxylic acids is 1. The molecular weight excluding hydrogens is 288 g/mol. The Morgan fingerprint density at radius 2 is 2.10 bits per heavy atom. The second kappa shape index (κ2) is 6.24. The Labute approximate surface area is 132 Å². The van der Waals surface area contributed by atoms with E-state index in [0.717, 1.165) is 30.7 Å².